The van der Waals surface area contributed by atoms with E-state index in [0.717, 1.165) is 52.8 Å². The molecule has 0 aliphatic carbocycles. The van der Waals surface area contributed by atoms with Crippen LogP contribution in [0.3, 0.4) is 0 Å². The van der Waals surface area contributed by atoms with E-state index in [1.165, 1.54) is 12.1 Å². The summed E-state index contributed by atoms with van der Waals surface area (Å²) in [5.74, 6) is -0.426. The summed E-state index contributed by atoms with van der Waals surface area (Å²) in [6, 6.07) is 15.4. The second-order valence-electron chi connectivity index (χ2n) is 10.0. The lowest BCUT2D eigenvalue weighted by Gasteiger charge is -2.37. The Hall–Kier alpha value is -3.45. The highest BCUT2D eigenvalue weighted by molar-refractivity contribution is 5.91. The first kappa shape index (κ1) is 25.2. The van der Waals surface area contributed by atoms with Gasteiger partial charge in [0.15, 0.2) is 0 Å². The number of carbonyl (C=O) groups excluding carboxylic acids is 1. The van der Waals surface area contributed by atoms with Gasteiger partial charge in [0.1, 0.15) is 23.0 Å². The molecule has 0 unspecified atom stereocenters. The molecule has 3 aromatic carbocycles. The van der Waals surface area contributed by atoms with E-state index >= 15 is 0 Å². The first-order valence-corrected chi connectivity index (χ1v) is 12.8. The zero-order valence-electron chi connectivity index (χ0n) is 21.5. The maximum atomic E-state index is 14.8. The van der Waals surface area contributed by atoms with Crippen molar-refractivity contribution in [2.75, 3.05) is 31.1 Å². The molecule has 0 bridgehead atoms. The van der Waals surface area contributed by atoms with E-state index in [1.807, 2.05) is 57.2 Å². The number of hydrogen-bond acceptors (Lipinski definition) is 4. The summed E-state index contributed by atoms with van der Waals surface area (Å²) in [5, 5.41) is 0. The molecule has 5 nitrogen and oxygen atoms in total. The summed E-state index contributed by atoms with van der Waals surface area (Å²) in [7, 11) is 0. The predicted molar refractivity (Wildman–Crippen MR) is 140 cm³/mol. The Kier molecular flexibility index (Phi) is 6.90. The first-order chi connectivity index (χ1) is 17.8. The minimum absolute atomic E-state index is 0.295. The van der Waals surface area contributed by atoms with Gasteiger partial charge in [-0.05, 0) is 73.4 Å². The van der Waals surface area contributed by atoms with Crippen molar-refractivity contribution >= 4 is 11.8 Å². The summed E-state index contributed by atoms with van der Waals surface area (Å²) in [6.45, 7) is 8.97. The van der Waals surface area contributed by atoms with Crippen molar-refractivity contribution in [2.24, 2.45) is 0 Å². The first-order valence-electron chi connectivity index (χ1n) is 12.8. The van der Waals surface area contributed by atoms with Gasteiger partial charge in [0.25, 0.3) is 0 Å². The number of piperidine rings is 1. The molecule has 0 saturated carbocycles. The Bertz CT molecular complexity index is 1320. The van der Waals surface area contributed by atoms with Gasteiger partial charge in [-0.3, -0.25) is 9.80 Å². The summed E-state index contributed by atoms with van der Waals surface area (Å²) >= 11 is 0. The average Bonchev–Trinajstić information content (AvgIpc) is 3.18. The van der Waals surface area contributed by atoms with Crippen molar-refractivity contribution in [1.29, 1.82) is 0 Å². The highest BCUT2D eigenvalue weighted by atomic mass is 19.1. The number of anilines is 1. The fraction of sp³-hybridized carbons (Fsp3) is 0.367. The number of ether oxygens (including phenoxy) is 2. The van der Waals surface area contributed by atoms with Gasteiger partial charge in [-0.2, -0.15) is 0 Å². The topological polar surface area (TPSA) is 42.0 Å². The van der Waals surface area contributed by atoms with Gasteiger partial charge >= 0.3 is 6.09 Å². The lowest BCUT2D eigenvalue weighted by Crippen LogP contribution is -2.46. The van der Waals surface area contributed by atoms with Crippen LogP contribution in [0.2, 0.25) is 0 Å². The number of amides is 1. The Morgan fingerprint density at radius 3 is 2.43 bits per heavy atom. The van der Waals surface area contributed by atoms with Crippen LogP contribution in [0.1, 0.15) is 36.5 Å². The van der Waals surface area contributed by atoms with E-state index in [9.17, 15) is 13.6 Å². The molecule has 0 aromatic heterocycles. The molecule has 5 rings (SSSR count). The zero-order valence-corrected chi connectivity index (χ0v) is 21.5. The van der Waals surface area contributed by atoms with Gasteiger partial charge in [-0.15, -0.1) is 0 Å². The minimum Gasteiger partial charge on any atom is -0.494 e. The van der Waals surface area contributed by atoms with E-state index in [-0.39, 0.29) is 6.09 Å². The molecule has 0 N–H and O–H groups in total. The Morgan fingerprint density at radius 1 is 0.973 bits per heavy atom. The summed E-state index contributed by atoms with van der Waals surface area (Å²) in [6.07, 6.45) is 1.13. The van der Waals surface area contributed by atoms with Crippen LogP contribution in [0.4, 0.5) is 19.3 Å². The fourth-order valence-corrected chi connectivity index (χ4v) is 5.43. The van der Waals surface area contributed by atoms with Gasteiger partial charge in [-0.25, -0.2) is 13.6 Å². The predicted octanol–water partition coefficient (Wildman–Crippen LogP) is 6.64. The van der Waals surface area contributed by atoms with E-state index in [1.54, 1.807) is 4.90 Å². The smallest absolute Gasteiger partial charge is 0.415 e. The lowest BCUT2D eigenvalue weighted by molar-refractivity contribution is -0.000951. The van der Waals surface area contributed by atoms with Gasteiger partial charge in [-0.1, -0.05) is 18.2 Å². The largest absolute Gasteiger partial charge is 0.494 e. The highest BCUT2D eigenvalue weighted by Crippen LogP contribution is 2.38. The fourth-order valence-electron chi connectivity index (χ4n) is 5.43. The molecular weight excluding hydrogens is 474 g/mol. The third-order valence-electron chi connectivity index (χ3n) is 7.46. The van der Waals surface area contributed by atoms with Crippen LogP contribution in [0.25, 0.3) is 11.1 Å². The molecule has 1 amide bonds. The third-order valence-corrected chi connectivity index (χ3v) is 7.46. The van der Waals surface area contributed by atoms with E-state index in [0.29, 0.717) is 38.1 Å². The normalized spacial score (nSPS) is 17.3. The number of halogens is 2. The molecular formula is C30H32F2N2O3. The van der Waals surface area contributed by atoms with E-state index in [4.69, 9.17) is 9.47 Å². The third kappa shape index (κ3) is 5.05. The maximum absolute atomic E-state index is 14.8. The second-order valence-corrected chi connectivity index (χ2v) is 10.0. The van der Waals surface area contributed by atoms with Crippen LogP contribution in [0, 0.1) is 25.5 Å². The quantitative estimate of drug-likeness (QED) is 0.376. The molecule has 2 heterocycles. The molecule has 2 aliphatic heterocycles. The lowest BCUT2D eigenvalue weighted by atomic mass is 9.90. The van der Waals surface area contributed by atoms with Crippen molar-refractivity contribution in [3.8, 4) is 16.9 Å². The summed E-state index contributed by atoms with van der Waals surface area (Å²) in [4.78, 5) is 16.8. The van der Waals surface area contributed by atoms with Crippen LogP contribution < -0.4 is 9.64 Å². The van der Waals surface area contributed by atoms with Crippen LogP contribution in [-0.2, 0) is 11.3 Å². The molecule has 2 saturated heterocycles. The molecule has 0 atom stereocenters. The number of likely N-dealkylation sites (tertiary alicyclic amines) is 1. The number of rotatable bonds is 6. The van der Waals surface area contributed by atoms with Crippen molar-refractivity contribution in [3.63, 3.8) is 0 Å². The molecule has 1 spiro atoms. The molecule has 3 aromatic rings. The number of carbonyl (C=O) groups is 1. The van der Waals surface area contributed by atoms with Crippen molar-refractivity contribution < 1.29 is 23.0 Å². The SMILES string of the molecule is CCOc1cc(CN2CCC3(CC2)CN(c2ccccc2C)C(=O)O3)c(-c2ccc(F)cc2F)cc1C. The summed E-state index contributed by atoms with van der Waals surface area (Å²) in [5.41, 5.74) is 4.34. The van der Waals surface area contributed by atoms with Crippen LogP contribution in [0.15, 0.2) is 54.6 Å². The van der Waals surface area contributed by atoms with Gasteiger partial charge < -0.3 is 9.47 Å². The molecule has 7 heteroatoms. The number of para-hydroxylation sites is 1. The van der Waals surface area contributed by atoms with Crippen molar-refractivity contribution in [2.45, 2.75) is 45.8 Å². The number of benzene rings is 3. The van der Waals surface area contributed by atoms with Gasteiger partial charge in [0, 0.05) is 44.1 Å². The minimum atomic E-state index is -0.599. The molecule has 2 aliphatic rings. The average molecular weight is 507 g/mol. The number of aryl methyl sites for hydroxylation is 2. The molecule has 0 radical (unpaired) electrons. The molecule has 2 fully saturated rings. The van der Waals surface area contributed by atoms with Crippen molar-refractivity contribution in [3.05, 3.63) is 82.9 Å². The zero-order chi connectivity index (χ0) is 26.2. The monoisotopic (exact) mass is 506 g/mol. The Morgan fingerprint density at radius 2 is 1.73 bits per heavy atom. The highest BCUT2D eigenvalue weighted by Gasteiger charge is 2.47. The van der Waals surface area contributed by atoms with Crippen LogP contribution in [0.5, 0.6) is 5.75 Å². The van der Waals surface area contributed by atoms with Crippen molar-refractivity contribution in [1.82, 2.24) is 4.90 Å². The maximum Gasteiger partial charge on any atom is 0.415 e. The second kappa shape index (κ2) is 10.1. The van der Waals surface area contributed by atoms with E-state index < -0.39 is 17.2 Å². The Balaban J connectivity index is 1.35. The van der Waals surface area contributed by atoms with E-state index in [2.05, 4.69) is 4.90 Å². The Labute approximate surface area is 216 Å². The van der Waals surface area contributed by atoms with Crippen LogP contribution in [-0.4, -0.2) is 42.8 Å². The number of hydrogen-bond donors (Lipinski definition) is 0. The molecule has 37 heavy (non-hydrogen) atoms. The summed E-state index contributed by atoms with van der Waals surface area (Å²) < 4.78 is 40.2. The van der Waals surface area contributed by atoms with Crippen LogP contribution >= 0.6 is 0 Å². The van der Waals surface area contributed by atoms with Gasteiger partial charge in [0.2, 0.25) is 0 Å². The van der Waals surface area contributed by atoms with Gasteiger partial charge in [0.05, 0.1) is 18.8 Å². The standard InChI is InChI=1S/C30H32F2N2O3/c1-4-36-28-16-22(25(15-21(28)3)24-10-9-23(31)17-26(24)32)18-33-13-11-30(12-14-33)19-34(29(35)37-30)27-8-6-5-7-20(27)2/h5-10,15-17H,4,11-14,18-19H2,1-3H3. The molecule has 194 valence electrons. The number of nitrogens with zero attached hydrogens (tertiary/aromatic N) is 2.